The third kappa shape index (κ3) is 5.84. The molecule has 0 radical (unpaired) electrons. The molecule has 0 saturated heterocycles. The van der Waals surface area contributed by atoms with Crippen molar-refractivity contribution in [1.82, 2.24) is 5.23 Å². The van der Waals surface area contributed by atoms with Gasteiger partial charge in [-0.3, -0.25) is 4.79 Å². The maximum absolute atomic E-state index is 11.2. The highest BCUT2D eigenvalue weighted by atomic mass is 17.0. The van der Waals surface area contributed by atoms with Crippen molar-refractivity contribution >= 4 is 5.91 Å². The van der Waals surface area contributed by atoms with Gasteiger partial charge in [0.05, 0.1) is 13.2 Å². The lowest BCUT2D eigenvalue weighted by atomic mass is 10.4. The van der Waals surface area contributed by atoms with Gasteiger partial charge in [-0.2, -0.15) is 0 Å². The molecule has 0 aliphatic heterocycles. The molecule has 1 amide bonds. The first-order valence-corrected chi connectivity index (χ1v) is 4.26. The van der Waals surface area contributed by atoms with Crippen molar-refractivity contribution in [3.8, 4) is 0 Å². The largest absolute Gasteiger partial charge is 0.394 e. The van der Waals surface area contributed by atoms with Crippen LogP contribution >= 0.6 is 0 Å². The molecular formula is C7H16N2O5. The minimum Gasteiger partial charge on any atom is -0.394 e. The Labute approximate surface area is 81.9 Å². The zero-order chi connectivity index (χ0) is 10.8. The number of hydrogen-bond acceptors (Lipinski definition) is 6. The molecule has 0 atom stereocenters. The molecule has 4 N–H and O–H groups in total. The molecular weight excluding hydrogens is 192 g/mol. The number of nitrogens with two attached hydrogens (primary N) is 1. The maximum Gasteiger partial charge on any atom is 0.274 e. The summed E-state index contributed by atoms with van der Waals surface area (Å²) in [5.41, 5.74) is 5.17. The lowest BCUT2D eigenvalue weighted by Crippen LogP contribution is -2.34. The number of rotatable bonds is 8. The van der Waals surface area contributed by atoms with E-state index in [2.05, 4.69) is 0 Å². The quantitative estimate of drug-likeness (QED) is 0.399. The van der Waals surface area contributed by atoms with E-state index in [9.17, 15) is 4.79 Å². The number of hydroxylamine groups is 2. The molecule has 0 aliphatic carbocycles. The summed E-state index contributed by atoms with van der Waals surface area (Å²) in [4.78, 5) is 20.7. The van der Waals surface area contributed by atoms with E-state index in [-0.39, 0.29) is 39.4 Å². The Bertz CT molecular complexity index is 147. The molecule has 0 bridgehead atoms. The highest BCUT2D eigenvalue weighted by Crippen LogP contribution is 1.96. The number of aliphatic hydroxyl groups is 2. The van der Waals surface area contributed by atoms with Crippen LogP contribution in [0.25, 0.3) is 0 Å². The van der Waals surface area contributed by atoms with Crippen molar-refractivity contribution in [2.45, 2.75) is 6.42 Å². The number of nitrogens with zero attached hydrogens (tertiary/aromatic N) is 1. The van der Waals surface area contributed by atoms with Gasteiger partial charge in [0.25, 0.3) is 5.91 Å². The highest BCUT2D eigenvalue weighted by Gasteiger charge is 2.14. The monoisotopic (exact) mass is 208 g/mol. The predicted molar refractivity (Wildman–Crippen MR) is 46.6 cm³/mol. The Morgan fingerprint density at radius 1 is 1.21 bits per heavy atom. The number of amides is 1. The summed E-state index contributed by atoms with van der Waals surface area (Å²) in [6, 6.07) is 0. The fourth-order valence-corrected chi connectivity index (χ4v) is 0.643. The summed E-state index contributed by atoms with van der Waals surface area (Å²) in [7, 11) is 0. The summed E-state index contributed by atoms with van der Waals surface area (Å²) in [6.07, 6.45) is 0.0802. The summed E-state index contributed by atoms with van der Waals surface area (Å²) >= 11 is 0. The van der Waals surface area contributed by atoms with Crippen LogP contribution in [-0.4, -0.2) is 54.3 Å². The van der Waals surface area contributed by atoms with E-state index >= 15 is 0 Å². The van der Waals surface area contributed by atoms with Crippen molar-refractivity contribution in [2.75, 3.05) is 33.0 Å². The van der Waals surface area contributed by atoms with Gasteiger partial charge in [-0.25, -0.2) is 9.68 Å². The molecule has 0 heterocycles. The van der Waals surface area contributed by atoms with Crippen molar-refractivity contribution in [1.29, 1.82) is 0 Å². The summed E-state index contributed by atoms with van der Waals surface area (Å²) in [5, 5.41) is 17.6. The van der Waals surface area contributed by atoms with Gasteiger partial charge in [0, 0.05) is 13.0 Å². The zero-order valence-corrected chi connectivity index (χ0v) is 7.89. The topological polar surface area (TPSA) is 105 Å². The Balaban J connectivity index is 3.88. The Morgan fingerprint density at radius 3 is 2.07 bits per heavy atom. The molecule has 0 unspecified atom stereocenters. The molecule has 0 fully saturated rings. The van der Waals surface area contributed by atoms with Gasteiger partial charge in [0.2, 0.25) is 0 Å². The molecule has 0 aromatic rings. The molecule has 0 aromatic carbocycles. The summed E-state index contributed by atoms with van der Waals surface area (Å²) < 4.78 is 0. The highest BCUT2D eigenvalue weighted by molar-refractivity contribution is 5.74. The summed E-state index contributed by atoms with van der Waals surface area (Å²) in [6.45, 7) is -0.381. The average Bonchev–Trinajstić information content (AvgIpc) is 2.18. The van der Waals surface area contributed by atoms with Crippen molar-refractivity contribution in [2.24, 2.45) is 5.73 Å². The fraction of sp³-hybridized carbons (Fsp3) is 0.857. The van der Waals surface area contributed by atoms with E-state index < -0.39 is 5.91 Å². The van der Waals surface area contributed by atoms with Crippen molar-refractivity contribution in [3.63, 3.8) is 0 Å². The average molecular weight is 208 g/mol. The zero-order valence-electron chi connectivity index (χ0n) is 7.89. The van der Waals surface area contributed by atoms with Crippen LogP contribution in [0.4, 0.5) is 0 Å². The molecule has 0 aromatic heterocycles. The number of carbonyl (C=O) groups is 1. The van der Waals surface area contributed by atoms with Gasteiger partial charge in [0.15, 0.2) is 0 Å². The van der Waals surface area contributed by atoms with Gasteiger partial charge < -0.3 is 15.9 Å². The third-order valence-corrected chi connectivity index (χ3v) is 1.16. The second-order valence-corrected chi connectivity index (χ2v) is 2.30. The maximum atomic E-state index is 11.2. The number of carbonyl (C=O) groups excluding carboxylic acids is 1. The first-order valence-electron chi connectivity index (χ1n) is 4.26. The third-order valence-electron chi connectivity index (χ3n) is 1.16. The predicted octanol–water partition coefficient (Wildman–Crippen LogP) is -1.99. The molecule has 0 aliphatic rings. The first-order chi connectivity index (χ1) is 6.76. The van der Waals surface area contributed by atoms with E-state index in [4.69, 9.17) is 25.6 Å². The lowest BCUT2D eigenvalue weighted by molar-refractivity contribution is -0.345. The van der Waals surface area contributed by atoms with Crippen LogP contribution in [-0.2, 0) is 14.5 Å². The van der Waals surface area contributed by atoms with Crippen LogP contribution in [0.5, 0.6) is 0 Å². The number of aliphatic hydroxyl groups excluding tert-OH is 2. The Hall–Kier alpha value is -0.730. The SMILES string of the molecule is NCCC(=O)N(OCCO)OCCO. The van der Waals surface area contributed by atoms with Crippen LogP contribution in [0, 0.1) is 0 Å². The number of hydrogen-bond donors (Lipinski definition) is 3. The molecule has 0 saturated carbocycles. The van der Waals surface area contributed by atoms with E-state index in [1.807, 2.05) is 0 Å². The van der Waals surface area contributed by atoms with E-state index in [0.717, 1.165) is 0 Å². The minimum absolute atomic E-state index is 0.0538. The second kappa shape index (κ2) is 8.85. The molecule has 0 spiro atoms. The van der Waals surface area contributed by atoms with Crippen LogP contribution in [0.15, 0.2) is 0 Å². The molecule has 7 nitrogen and oxygen atoms in total. The second-order valence-electron chi connectivity index (χ2n) is 2.30. The summed E-state index contributed by atoms with van der Waals surface area (Å²) in [5.74, 6) is -0.450. The van der Waals surface area contributed by atoms with E-state index in [0.29, 0.717) is 5.23 Å². The van der Waals surface area contributed by atoms with Gasteiger partial charge in [-0.05, 0) is 0 Å². The Kier molecular flexibility index (Phi) is 8.39. The lowest BCUT2D eigenvalue weighted by Gasteiger charge is -2.19. The van der Waals surface area contributed by atoms with E-state index in [1.165, 1.54) is 0 Å². The smallest absolute Gasteiger partial charge is 0.274 e. The van der Waals surface area contributed by atoms with E-state index in [1.54, 1.807) is 0 Å². The molecule has 7 heteroatoms. The van der Waals surface area contributed by atoms with Gasteiger partial charge >= 0.3 is 0 Å². The molecule has 0 rings (SSSR count). The Morgan fingerprint density at radius 2 is 1.71 bits per heavy atom. The minimum atomic E-state index is -0.450. The van der Waals surface area contributed by atoms with Crippen LogP contribution in [0.3, 0.4) is 0 Å². The van der Waals surface area contributed by atoms with Crippen molar-refractivity contribution in [3.05, 3.63) is 0 Å². The van der Waals surface area contributed by atoms with Crippen LogP contribution in [0.2, 0.25) is 0 Å². The van der Waals surface area contributed by atoms with Gasteiger partial charge in [-0.15, -0.1) is 0 Å². The molecule has 14 heavy (non-hydrogen) atoms. The van der Waals surface area contributed by atoms with Gasteiger partial charge in [-0.1, -0.05) is 5.23 Å². The normalized spacial score (nSPS) is 10.2. The molecule has 84 valence electrons. The standard InChI is InChI=1S/C7H16N2O5/c8-2-1-7(12)9(13-5-3-10)14-6-4-11/h10-11H,1-6,8H2. The van der Waals surface area contributed by atoms with Crippen LogP contribution in [0.1, 0.15) is 6.42 Å². The van der Waals surface area contributed by atoms with Crippen molar-refractivity contribution < 1.29 is 24.7 Å². The fourth-order valence-electron chi connectivity index (χ4n) is 0.643. The first kappa shape index (κ1) is 13.3. The van der Waals surface area contributed by atoms with Crippen LogP contribution < -0.4 is 5.73 Å². The van der Waals surface area contributed by atoms with Gasteiger partial charge in [0.1, 0.15) is 13.2 Å².